The van der Waals surface area contributed by atoms with Crippen LogP contribution in [-0.2, 0) is 16.1 Å². The van der Waals surface area contributed by atoms with Gasteiger partial charge in [-0.05, 0) is 38.5 Å². The first kappa shape index (κ1) is 18.5. The van der Waals surface area contributed by atoms with E-state index >= 15 is 0 Å². The summed E-state index contributed by atoms with van der Waals surface area (Å²) >= 11 is 3.29. The Morgan fingerprint density at radius 3 is 3.16 bits per heavy atom. The van der Waals surface area contributed by atoms with E-state index in [1.165, 1.54) is 4.88 Å². The molecule has 1 aliphatic heterocycles. The summed E-state index contributed by atoms with van der Waals surface area (Å²) in [6.45, 7) is 3.43. The van der Waals surface area contributed by atoms with Gasteiger partial charge < -0.3 is 14.6 Å². The first-order valence-electron chi connectivity index (χ1n) is 8.59. The van der Waals surface area contributed by atoms with Gasteiger partial charge in [-0.15, -0.1) is 11.3 Å². The van der Waals surface area contributed by atoms with E-state index in [4.69, 9.17) is 4.74 Å². The SMILES string of the molecule is COCc1cc(-c2cnc(C3CCCCN3C(=O)C(C)SC)[nH]2)cs1. The number of carbonyl (C=O) groups is 1. The summed E-state index contributed by atoms with van der Waals surface area (Å²) < 4.78 is 5.19. The molecule has 3 rings (SSSR count). The Hall–Kier alpha value is -1.31. The van der Waals surface area contributed by atoms with Crippen molar-refractivity contribution in [2.45, 2.75) is 44.1 Å². The maximum absolute atomic E-state index is 12.7. The quantitative estimate of drug-likeness (QED) is 0.821. The summed E-state index contributed by atoms with van der Waals surface area (Å²) in [6, 6.07) is 2.19. The fraction of sp³-hybridized carbons (Fsp3) is 0.556. The van der Waals surface area contributed by atoms with E-state index < -0.39 is 0 Å². The number of rotatable bonds is 6. The zero-order valence-electron chi connectivity index (χ0n) is 14.9. The third-order valence-corrected chi connectivity index (χ3v) is 6.47. The lowest BCUT2D eigenvalue weighted by molar-refractivity contribution is -0.134. The molecule has 2 unspecified atom stereocenters. The van der Waals surface area contributed by atoms with Gasteiger partial charge in [0.15, 0.2) is 0 Å². The van der Waals surface area contributed by atoms with Crippen molar-refractivity contribution in [1.82, 2.24) is 14.9 Å². The van der Waals surface area contributed by atoms with Crippen LogP contribution >= 0.6 is 23.1 Å². The van der Waals surface area contributed by atoms with E-state index in [-0.39, 0.29) is 17.2 Å². The van der Waals surface area contributed by atoms with Crippen LogP contribution in [0.2, 0.25) is 0 Å². The monoisotopic (exact) mass is 379 g/mol. The van der Waals surface area contributed by atoms with E-state index in [1.54, 1.807) is 30.2 Å². The number of ether oxygens (including phenoxy) is 1. The Morgan fingerprint density at radius 2 is 2.40 bits per heavy atom. The van der Waals surface area contributed by atoms with Crippen molar-refractivity contribution in [1.29, 1.82) is 0 Å². The lowest BCUT2D eigenvalue weighted by Crippen LogP contribution is -2.42. The van der Waals surface area contributed by atoms with Gasteiger partial charge >= 0.3 is 0 Å². The average Bonchev–Trinajstić information content (AvgIpc) is 3.30. The number of nitrogens with zero attached hydrogens (tertiary/aromatic N) is 2. The fourth-order valence-corrected chi connectivity index (χ4v) is 4.40. The van der Waals surface area contributed by atoms with Crippen LogP contribution in [0.5, 0.6) is 0 Å². The third-order valence-electron chi connectivity index (χ3n) is 4.65. The molecule has 2 aromatic rings. The fourth-order valence-electron chi connectivity index (χ4n) is 3.21. The van der Waals surface area contributed by atoms with Crippen LogP contribution in [0.4, 0.5) is 0 Å². The minimum atomic E-state index is -0.0106. The van der Waals surface area contributed by atoms with Gasteiger partial charge in [0.2, 0.25) is 5.91 Å². The van der Waals surface area contributed by atoms with Crippen LogP contribution < -0.4 is 0 Å². The summed E-state index contributed by atoms with van der Waals surface area (Å²) in [4.78, 5) is 24.0. The van der Waals surface area contributed by atoms with E-state index in [9.17, 15) is 4.79 Å². The highest BCUT2D eigenvalue weighted by atomic mass is 32.2. The Kier molecular flexibility index (Phi) is 6.19. The van der Waals surface area contributed by atoms with Crippen molar-refractivity contribution in [3.8, 4) is 11.3 Å². The number of likely N-dealkylation sites (tertiary alicyclic amines) is 1. The molecule has 1 aliphatic rings. The smallest absolute Gasteiger partial charge is 0.236 e. The summed E-state index contributed by atoms with van der Waals surface area (Å²) in [6.07, 6.45) is 7.04. The number of amides is 1. The number of carbonyl (C=O) groups excluding carboxylic acids is 1. The minimum Gasteiger partial charge on any atom is -0.379 e. The van der Waals surface area contributed by atoms with Crippen molar-refractivity contribution >= 4 is 29.0 Å². The highest BCUT2D eigenvalue weighted by Crippen LogP contribution is 2.33. The number of H-pyrrole nitrogens is 1. The van der Waals surface area contributed by atoms with Gasteiger partial charge in [-0.1, -0.05) is 0 Å². The first-order chi connectivity index (χ1) is 12.1. The highest BCUT2D eigenvalue weighted by molar-refractivity contribution is 7.99. The maximum Gasteiger partial charge on any atom is 0.236 e. The largest absolute Gasteiger partial charge is 0.379 e. The predicted molar refractivity (Wildman–Crippen MR) is 104 cm³/mol. The number of thiophene rings is 1. The lowest BCUT2D eigenvalue weighted by atomic mass is 10.0. The molecule has 0 radical (unpaired) electrons. The van der Waals surface area contributed by atoms with Gasteiger partial charge in [0.1, 0.15) is 5.82 Å². The summed E-state index contributed by atoms with van der Waals surface area (Å²) in [5.41, 5.74) is 2.13. The summed E-state index contributed by atoms with van der Waals surface area (Å²) in [7, 11) is 1.71. The molecule has 1 N–H and O–H groups in total. The van der Waals surface area contributed by atoms with Crippen molar-refractivity contribution in [2.24, 2.45) is 0 Å². The molecule has 136 valence electrons. The molecule has 1 fully saturated rings. The van der Waals surface area contributed by atoms with Gasteiger partial charge in [0, 0.05) is 29.5 Å². The molecule has 3 heterocycles. The molecule has 0 spiro atoms. The normalized spacial score (nSPS) is 19.2. The second-order valence-corrected chi connectivity index (χ2v) is 8.51. The van der Waals surface area contributed by atoms with Gasteiger partial charge in [0.05, 0.1) is 29.8 Å². The number of piperidine rings is 1. The third kappa shape index (κ3) is 4.10. The maximum atomic E-state index is 12.7. The van der Waals surface area contributed by atoms with Crippen LogP contribution in [0.1, 0.15) is 42.9 Å². The molecule has 0 aliphatic carbocycles. The Balaban J connectivity index is 1.80. The minimum absolute atomic E-state index is 0.0106. The average molecular weight is 380 g/mol. The standard InChI is InChI=1S/C18H25N3O2S2/c1-12(24-3)18(22)21-7-5-4-6-16(21)17-19-9-15(20-17)13-8-14(10-23-2)25-11-13/h8-9,11-12,16H,4-7,10H2,1-3H3,(H,19,20). The molecule has 25 heavy (non-hydrogen) atoms. The number of imidazole rings is 1. The number of nitrogens with one attached hydrogen (secondary N) is 1. The molecule has 2 aromatic heterocycles. The van der Waals surface area contributed by atoms with Gasteiger partial charge in [-0.2, -0.15) is 11.8 Å². The second-order valence-electron chi connectivity index (χ2n) is 6.34. The van der Waals surface area contributed by atoms with Crippen molar-refractivity contribution in [3.63, 3.8) is 0 Å². The molecular formula is C18H25N3O2S2. The zero-order chi connectivity index (χ0) is 17.8. The van der Waals surface area contributed by atoms with E-state index in [0.717, 1.165) is 42.9 Å². The van der Waals surface area contributed by atoms with Gasteiger partial charge in [-0.3, -0.25) is 4.79 Å². The predicted octanol–water partition coefficient (Wildman–Crippen LogP) is 4.09. The number of aromatic amines is 1. The highest BCUT2D eigenvalue weighted by Gasteiger charge is 2.32. The molecule has 0 saturated carbocycles. The molecule has 1 saturated heterocycles. The Labute approximate surface area is 157 Å². The summed E-state index contributed by atoms with van der Waals surface area (Å²) in [5, 5.41) is 2.11. The molecule has 0 bridgehead atoms. The Bertz CT molecular complexity index is 713. The van der Waals surface area contributed by atoms with E-state index in [0.29, 0.717) is 6.61 Å². The van der Waals surface area contributed by atoms with Crippen LogP contribution in [-0.4, -0.2) is 45.9 Å². The summed E-state index contributed by atoms with van der Waals surface area (Å²) in [5.74, 6) is 1.11. The molecule has 1 amide bonds. The molecule has 2 atom stereocenters. The van der Waals surface area contributed by atoms with Crippen LogP contribution in [0.25, 0.3) is 11.3 Å². The van der Waals surface area contributed by atoms with Crippen LogP contribution in [0.15, 0.2) is 17.6 Å². The number of hydrogen-bond donors (Lipinski definition) is 1. The zero-order valence-corrected chi connectivity index (χ0v) is 16.6. The van der Waals surface area contributed by atoms with Crippen molar-refractivity contribution < 1.29 is 9.53 Å². The molecular weight excluding hydrogens is 354 g/mol. The van der Waals surface area contributed by atoms with Crippen LogP contribution in [0, 0.1) is 0 Å². The topological polar surface area (TPSA) is 58.2 Å². The van der Waals surface area contributed by atoms with E-state index in [1.807, 2.05) is 24.3 Å². The van der Waals surface area contributed by atoms with Crippen LogP contribution in [0.3, 0.4) is 0 Å². The molecule has 7 heteroatoms. The van der Waals surface area contributed by atoms with Crippen molar-refractivity contribution in [3.05, 3.63) is 28.3 Å². The number of methoxy groups -OCH3 is 1. The molecule has 0 aromatic carbocycles. The van der Waals surface area contributed by atoms with Gasteiger partial charge in [-0.25, -0.2) is 4.98 Å². The van der Waals surface area contributed by atoms with E-state index in [2.05, 4.69) is 21.4 Å². The van der Waals surface area contributed by atoms with Gasteiger partial charge in [0.25, 0.3) is 0 Å². The second kappa shape index (κ2) is 8.38. The number of hydrogen-bond acceptors (Lipinski definition) is 5. The Morgan fingerprint density at radius 1 is 1.56 bits per heavy atom. The number of thioether (sulfide) groups is 1. The lowest BCUT2D eigenvalue weighted by Gasteiger charge is -2.36. The van der Waals surface area contributed by atoms with Crippen molar-refractivity contribution in [2.75, 3.05) is 19.9 Å². The number of aromatic nitrogens is 2. The first-order valence-corrected chi connectivity index (χ1v) is 10.8. The molecule has 5 nitrogen and oxygen atoms in total.